The van der Waals surface area contributed by atoms with Crippen molar-refractivity contribution in [1.29, 1.82) is 0 Å². The highest BCUT2D eigenvalue weighted by atomic mass is 15.2. The van der Waals surface area contributed by atoms with E-state index in [0.29, 0.717) is 0 Å². The molecule has 334 valence electrons. The normalized spacial score (nSPS) is 78.9. The molecule has 26 unspecified atom stereocenters. The van der Waals surface area contributed by atoms with Crippen LogP contribution >= 0.6 is 0 Å². The van der Waals surface area contributed by atoms with E-state index >= 15 is 0 Å². The molecule has 0 aromatic carbocycles. The van der Waals surface area contributed by atoms with Gasteiger partial charge in [-0.05, 0) is 305 Å². The van der Waals surface area contributed by atoms with Crippen molar-refractivity contribution in [2.75, 3.05) is 0 Å². The van der Waals surface area contributed by atoms with Crippen molar-refractivity contribution >= 4 is 0 Å². The Morgan fingerprint density at radius 1 is 0.403 bits per heavy atom. The average molecular weight is 831 g/mol. The zero-order valence-electron chi connectivity index (χ0n) is 41.0. The summed E-state index contributed by atoms with van der Waals surface area (Å²) in [6, 6.07) is 0. The van der Waals surface area contributed by atoms with Gasteiger partial charge in [0, 0.05) is 0 Å². The van der Waals surface area contributed by atoms with Crippen molar-refractivity contribution in [3.8, 4) is 0 Å². The summed E-state index contributed by atoms with van der Waals surface area (Å²) < 4.78 is 0. The Bertz CT molecular complexity index is 2390. The van der Waals surface area contributed by atoms with Gasteiger partial charge in [-0.1, -0.05) is 74.1 Å². The summed E-state index contributed by atoms with van der Waals surface area (Å²) in [4.78, 5) is 0. The Morgan fingerprint density at radius 2 is 0.871 bits per heavy atom. The molecule has 0 bridgehead atoms. The lowest BCUT2D eigenvalue weighted by atomic mass is 9.81. The molecule has 0 aromatic rings. The molecule has 0 amide bonds. The van der Waals surface area contributed by atoms with Crippen molar-refractivity contribution in [3.05, 3.63) is 0 Å². The van der Waals surface area contributed by atoms with E-state index < -0.39 is 0 Å². The lowest BCUT2D eigenvalue weighted by molar-refractivity contribution is 0.244. The maximum Gasteiger partial charge on any atom is -0.0161 e. The zero-order valence-corrected chi connectivity index (χ0v) is 41.0. The minimum absolute atomic E-state index is 0.790. The first-order chi connectivity index (χ1) is 29.8. The second-order valence-corrected chi connectivity index (χ2v) is 32.8. The molecule has 20 rings (SSSR count). The molecule has 26 atom stereocenters. The molecule has 20 fully saturated rings. The largest absolute Gasteiger partial charge is 0.0651 e. The van der Waals surface area contributed by atoms with Crippen molar-refractivity contribution in [2.45, 2.75) is 228 Å². The molecule has 0 saturated heterocycles. The standard InChI is InChI=1S/C62H86/c1-8-37(9-2)41-19-51(41)26-54(51)27-52(54)23-48(52,12-5)43-21-45(43,11-4)42-20-47(42)17-39(47)15-14-36(7)40-18-50(40)25-55(50)29-57(55)31-59(57)33-61(59)35-62(61)34-60(62)32-58(60)30-56(58)28-53(56)24-49(53,13-6)44-22-46(44)16-38(46)10-3/h36-44H,8-35H2,1-7H3. The van der Waals surface area contributed by atoms with Gasteiger partial charge in [0.15, 0.2) is 0 Å². The van der Waals surface area contributed by atoms with Crippen molar-refractivity contribution in [2.24, 2.45) is 151 Å². The number of hydrogen-bond donors (Lipinski definition) is 0. The summed E-state index contributed by atoms with van der Waals surface area (Å²) in [5.74, 6) is 10.1. The predicted octanol–water partition coefficient (Wildman–Crippen LogP) is 15.6. The summed E-state index contributed by atoms with van der Waals surface area (Å²) in [5, 5.41) is 0. The molecular formula is C62H86. The third kappa shape index (κ3) is 2.70. The first-order valence-corrected chi connectivity index (χ1v) is 29.8. The van der Waals surface area contributed by atoms with Gasteiger partial charge in [0.2, 0.25) is 0 Å². The van der Waals surface area contributed by atoms with Crippen LogP contribution in [0, 0.1) is 151 Å². The highest BCUT2D eigenvalue weighted by Gasteiger charge is 3.19. The fraction of sp³-hybridized carbons (Fsp3) is 1.00. The van der Waals surface area contributed by atoms with E-state index in [4.69, 9.17) is 0 Å². The number of rotatable bonds is 14. The maximum atomic E-state index is 2.78. The van der Waals surface area contributed by atoms with Crippen LogP contribution in [0.1, 0.15) is 228 Å². The molecule has 20 saturated carbocycles. The predicted molar refractivity (Wildman–Crippen MR) is 244 cm³/mol. The lowest BCUT2D eigenvalue weighted by Gasteiger charge is -2.23. The van der Waals surface area contributed by atoms with Gasteiger partial charge in [-0.3, -0.25) is 0 Å². The fourth-order valence-electron chi connectivity index (χ4n) is 30.5. The molecule has 0 aliphatic heterocycles. The van der Waals surface area contributed by atoms with E-state index in [0.717, 1.165) is 145 Å². The average Bonchev–Trinajstić information content (AvgIpc) is 4.02. The molecule has 0 N–H and O–H groups in total. The van der Waals surface area contributed by atoms with Crippen LogP contribution in [-0.2, 0) is 0 Å². The Hall–Kier alpha value is 0. The van der Waals surface area contributed by atoms with Crippen molar-refractivity contribution < 1.29 is 0 Å². The summed E-state index contributed by atoms with van der Waals surface area (Å²) in [6.45, 7) is 18.2. The van der Waals surface area contributed by atoms with E-state index in [1.165, 1.54) is 38.0 Å². The van der Waals surface area contributed by atoms with Gasteiger partial charge in [-0.15, -0.1) is 0 Å². The maximum absolute atomic E-state index is 2.78. The molecular weight excluding hydrogens is 745 g/mol. The quantitative estimate of drug-likeness (QED) is 0.164. The topological polar surface area (TPSA) is 0 Å². The minimum atomic E-state index is 0.790. The Kier molecular flexibility index (Phi) is 4.69. The molecule has 20 aliphatic carbocycles. The van der Waals surface area contributed by atoms with Gasteiger partial charge < -0.3 is 0 Å². The molecule has 0 nitrogen and oxygen atoms in total. The van der Waals surface area contributed by atoms with Crippen LogP contribution in [-0.4, -0.2) is 0 Å². The van der Waals surface area contributed by atoms with Gasteiger partial charge in [0.1, 0.15) is 0 Å². The second-order valence-electron chi connectivity index (χ2n) is 32.8. The lowest BCUT2D eigenvalue weighted by Crippen LogP contribution is -2.18. The van der Waals surface area contributed by atoms with Crippen molar-refractivity contribution in [3.63, 3.8) is 0 Å². The monoisotopic (exact) mass is 831 g/mol. The van der Waals surface area contributed by atoms with E-state index in [-0.39, 0.29) is 0 Å². The summed E-state index contributed by atoms with van der Waals surface area (Å²) >= 11 is 0. The van der Waals surface area contributed by atoms with Crippen LogP contribution < -0.4 is 0 Å². The van der Waals surface area contributed by atoms with Crippen LogP contribution in [0.4, 0.5) is 0 Å². The fourth-order valence-corrected chi connectivity index (χ4v) is 30.5. The minimum Gasteiger partial charge on any atom is -0.0651 e. The summed E-state index contributed by atoms with van der Waals surface area (Å²) in [6.07, 6.45) is 46.3. The van der Waals surface area contributed by atoms with E-state index in [1.807, 2.05) is 0 Å². The van der Waals surface area contributed by atoms with Crippen LogP contribution in [0.15, 0.2) is 0 Å². The van der Waals surface area contributed by atoms with Gasteiger partial charge >= 0.3 is 0 Å². The van der Waals surface area contributed by atoms with Crippen LogP contribution in [0.3, 0.4) is 0 Å². The molecule has 0 heterocycles. The third-order valence-corrected chi connectivity index (χ3v) is 34.2. The van der Waals surface area contributed by atoms with E-state index in [9.17, 15) is 0 Å². The van der Waals surface area contributed by atoms with Gasteiger partial charge in [-0.2, -0.15) is 0 Å². The van der Waals surface area contributed by atoms with Crippen molar-refractivity contribution in [1.82, 2.24) is 0 Å². The zero-order chi connectivity index (χ0) is 41.0. The highest BCUT2D eigenvalue weighted by molar-refractivity contribution is 5.66. The SMILES string of the molecule is CCC(CC)C1CC12CC21CC12CC2(CC)C1CC1(CC)C1CC12CC2CCC(C)C1CC12CC21CC12CC21CC12CC21CC12CC21CC12CC21CC1(CC)C1CC12CC2CC. The van der Waals surface area contributed by atoms with Gasteiger partial charge in [-0.25, -0.2) is 0 Å². The third-order valence-electron chi connectivity index (χ3n) is 34.2. The highest BCUT2D eigenvalue weighted by Crippen LogP contribution is 3.25. The van der Waals surface area contributed by atoms with Gasteiger partial charge in [0.25, 0.3) is 0 Å². The van der Waals surface area contributed by atoms with E-state index in [2.05, 4.69) is 48.5 Å². The van der Waals surface area contributed by atoms with Crippen LogP contribution in [0.25, 0.3) is 0 Å². The smallest absolute Gasteiger partial charge is 0.0161 e. The Balaban J connectivity index is 0.472. The second kappa shape index (κ2) is 8.27. The Labute approximate surface area is 377 Å². The molecule has 62 heavy (non-hydrogen) atoms. The number of hydrogen-bond acceptors (Lipinski definition) is 0. The van der Waals surface area contributed by atoms with Gasteiger partial charge in [0.05, 0.1) is 0 Å². The van der Waals surface area contributed by atoms with Crippen LogP contribution in [0.5, 0.6) is 0 Å². The summed E-state index contributed by atoms with van der Waals surface area (Å²) in [7, 11) is 0. The Morgan fingerprint density at radius 3 is 1.47 bits per heavy atom. The first-order valence-electron chi connectivity index (χ1n) is 29.8. The van der Waals surface area contributed by atoms with E-state index in [1.54, 1.807) is 148 Å². The molecule has 20 aliphatic rings. The molecule has 0 aromatic heterocycles. The van der Waals surface area contributed by atoms with Crippen LogP contribution in [0.2, 0.25) is 0 Å². The molecule has 0 heteroatoms. The molecule has 0 radical (unpaired) electrons. The first kappa shape index (κ1) is 35.2. The number of fused-ring (bicyclic) bond motifs is 11. The summed E-state index contributed by atoms with van der Waals surface area (Å²) in [5.41, 5.74) is 15.9. The molecule has 15 spiro atoms.